The van der Waals surface area contributed by atoms with Gasteiger partial charge < -0.3 is 5.32 Å². The molecule has 0 spiro atoms. The first kappa shape index (κ1) is 15.0. The van der Waals surface area contributed by atoms with Crippen LogP contribution in [-0.4, -0.2) is 5.91 Å². The van der Waals surface area contributed by atoms with Crippen LogP contribution in [0.25, 0.3) is 0 Å². The first-order valence-corrected chi connectivity index (χ1v) is 7.78. The summed E-state index contributed by atoms with van der Waals surface area (Å²) in [6.45, 7) is 0. The molecule has 0 bridgehead atoms. The van der Waals surface area contributed by atoms with E-state index >= 15 is 0 Å². The highest BCUT2D eigenvalue weighted by atomic mass is 16.1. The zero-order valence-corrected chi connectivity index (χ0v) is 12.9. The lowest BCUT2D eigenvalue weighted by molar-refractivity contribution is 0.0936. The van der Waals surface area contributed by atoms with E-state index in [2.05, 4.69) is 29.6 Å². The molecule has 0 aliphatic heterocycles. The summed E-state index contributed by atoms with van der Waals surface area (Å²) in [5.41, 5.74) is 3.00. The maximum Gasteiger partial charge on any atom is 0.251 e. The van der Waals surface area contributed by atoms with E-state index in [1.165, 1.54) is 5.56 Å². The van der Waals surface area contributed by atoms with Crippen LogP contribution in [0.1, 0.15) is 27.5 Å². The topological polar surface area (TPSA) is 29.1 Å². The summed E-state index contributed by atoms with van der Waals surface area (Å²) in [4.78, 5) is 12.5. The Bertz CT molecular complexity index is 739. The van der Waals surface area contributed by atoms with Gasteiger partial charge in [0.15, 0.2) is 0 Å². The Morgan fingerprint density at radius 1 is 0.739 bits per heavy atom. The number of benzene rings is 3. The van der Waals surface area contributed by atoms with Crippen LogP contribution in [0.4, 0.5) is 0 Å². The van der Waals surface area contributed by atoms with Crippen LogP contribution in [-0.2, 0) is 6.42 Å². The van der Waals surface area contributed by atoms with Gasteiger partial charge in [-0.25, -0.2) is 0 Å². The van der Waals surface area contributed by atoms with Crippen LogP contribution in [0.15, 0.2) is 91.0 Å². The lowest BCUT2D eigenvalue weighted by Gasteiger charge is -2.19. The van der Waals surface area contributed by atoms with E-state index in [0.29, 0.717) is 5.56 Å². The van der Waals surface area contributed by atoms with Crippen LogP contribution in [0.2, 0.25) is 0 Å². The average molecular weight is 301 g/mol. The van der Waals surface area contributed by atoms with E-state index < -0.39 is 0 Å². The molecular weight excluding hydrogens is 282 g/mol. The van der Waals surface area contributed by atoms with Crippen molar-refractivity contribution in [1.82, 2.24) is 5.32 Å². The summed E-state index contributed by atoms with van der Waals surface area (Å²) in [5.74, 6) is -0.0459. The monoisotopic (exact) mass is 301 g/mol. The second-order valence-electron chi connectivity index (χ2n) is 5.49. The lowest BCUT2D eigenvalue weighted by Crippen LogP contribution is -2.29. The third kappa shape index (κ3) is 4.07. The van der Waals surface area contributed by atoms with Crippen molar-refractivity contribution < 1.29 is 4.79 Å². The maximum absolute atomic E-state index is 12.5. The van der Waals surface area contributed by atoms with Gasteiger partial charge in [0.25, 0.3) is 5.91 Å². The van der Waals surface area contributed by atoms with Crippen LogP contribution in [0, 0.1) is 0 Å². The van der Waals surface area contributed by atoms with Crippen molar-refractivity contribution in [3.05, 3.63) is 108 Å². The van der Waals surface area contributed by atoms with E-state index in [1.807, 2.05) is 66.7 Å². The normalized spacial score (nSPS) is 11.7. The van der Waals surface area contributed by atoms with Crippen LogP contribution >= 0.6 is 0 Å². The minimum absolute atomic E-state index is 0.0459. The Morgan fingerprint density at radius 3 is 1.87 bits per heavy atom. The second kappa shape index (κ2) is 7.41. The van der Waals surface area contributed by atoms with Gasteiger partial charge in [-0.05, 0) is 29.7 Å². The molecule has 0 heterocycles. The molecule has 0 fully saturated rings. The minimum Gasteiger partial charge on any atom is -0.345 e. The molecule has 3 rings (SSSR count). The molecule has 0 aliphatic carbocycles. The van der Waals surface area contributed by atoms with E-state index in [4.69, 9.17) is 0 Å². The summed E-state index contributed by atoms with van der Waals surface area (Å²) in [6, 6.07) is 29.6. The molecule has 1 amide bonds. The van der Waals surface area contributed by atoms with Crippen molar-refractivity contribution in [1.29, 1.82) is 0 Å². The smallest absolute Gasteiger partial charge is 0.251 e. The molecule has 23 heavy (non-hydrogen) atoms. The van der Waals surface area contributed by atoms with Gasteiger partial charge in [0.2, 0.25) is 0 Å². The molecule has 3 aromatic rings. The Kier molecular flexibility index (Phi) is 4.85. The van der Waals surface area contributed by atoms with Gasteiger partial charge in [-0.15, -0.1) is 0 Å². The van der Waals surface area contributed by atoms with Gasteiger partial charge in [0, 0.05) is 5.56 Å². The van der Waals surface area contributed by atoms with Crippen LogP contribution in [0.5, 0.6) is 0 Å². The van der Waals surface area contributed by atoms with Gasteiger partial charge in [0.1, 0.15) is 0 Å². The van der Waals surface area contributed by atoms with Crippen LogP contribution in [0.3, 0.4) is 0 Å². The molecule has 0 aromatic heterocycles. The third-order valence-corrected chi connectivity index (χ3v) is 3.83. The fourth-order valence-corrected chi connectivity index (χ4v) is 2.62. The molecular formula is C21H19NO. The number of hydrogen-bond acceptors (Lipinski definition) is 1. The van der Waals surface area contributed by atoms with Crippen molar-refractivity contribution in [2.75, 3.05) is 0 Å². The number of nitrogens with one attached hydrogen (secondary N) is 1. The summed E-state index contributed by atoms with van der Waals surface area (Å²) >= 11 is 0. The molecule has 0 radical (unpaired) electrons. The zero-order chi connectivity index (χ0) is 15.9. The number of carbonyl (C=O) groups excluding carboxylic acids is 1. The van der Waals surface area contributed by atoms with E-state index in [1.54, 1.807) is 0 Å². The maximum atomic E-state index is 12.5. The van der Waals surface area contributed by atoms with Crippen molar-refractivity contribution in [3.8, 4) is 0 Å². The molecule has 3 aromatic carbocycles. The Hall–Kier alpha value is -2.87. The van der Waals surface area contributed by atoms with Crippen molar-refractivity contribution in [2.24, 2.45) is 0 Å². The molecule has 2 heteroatoms. The van der Waals surface area contributed by atoms with Crippen molar-refractivity contribution in [2.45, 2.75) is 12.5 Å². The zero-order valence-electron chi connectivity index (χ0n) is 12.9. The Balaban J connectivity index is 1.82. The molecule has 0 aliphatic rings. The van der Waals surface area contributed by atoms with Gasteiger partial charge in [-0.1, -0.05) is 78.9 Å². The Morgan fingerprint density at radius 2 is 1.26 bits per heavy atom. The number of rotatable bonds is 5. The SMILES string of the molecule is O=C(NC(Cc1ccccc1)c1ccccc1)c1ccccc1. The minimum atomic E-state index is -0.0497. The molecule has 0 saturated heterocycles. The fraction of sp³-hybridized carbons (Fsp3) is 0.0952. The fourth-order valence-electron chi connectivity index (χ4n) is 2.62. The van der Waals surface area contributed by atoms with Gasteiger partial charge in [0.05, 0.1) is 6.04 Å². The molecule has 1 N–H and O–H groups in total. The van der Waals surface area contributed by atoms with Crippen molar-refractivity contribution in [3.63, 3.8) is 0 Å². The second-order valence-corrected chi connectivity index (χ2v) is 5.49. The van der Waals surface area contributed by atoms with E-state index in [-0.39, 0.29) is 11.9 Å². The molecule has 0 saturated carbocycles. The van der Waals surface area contributed by atoms with Gasteiger partial charge in [-0.2, -0.15) is 0 Å². The summed E-state index contributed by atoms with van der Waals surface area (Å²) < 4.78 is 0. The third-order valence-electron chi connectivity index (χ3n) is 3.83. The number of hydrogen-bond donors (Lipinski definition) is 1. The lowest BCUT2D eigenvalue weighted by atomic mass is 9.98. The highest BCUT2D eigenvalue weighted by Crippen LogP contribution is 2.19. The van der Waals surface area contributed by atoms with Crippen molar-refractivity contribution >= 4 is 5.91 Å². The molecule has 1 atom stereocenters. The molecule has 114 valence electrons. The number of carbonyl (C=O) groups is 1. The first-order chi connectivity index (χ1) is 11.3. The summed E-state index contributed by atoms with van der Waals surface area (Å²) in [7, 11) is 0. The summed E-state index contributed by atoms with van der Waals surface area (Å²) in [5, 5.41) is 3.16. The molecule has 1 unspecified atom stereocenters. The number of amides is 1. The van der Waals surface area contributed by atoms with E-state index in [0.717, 1.165) is 12.0 Å². The average Bonchev–Trinajstić information content (AvgIpc) is 2.63. The van der Waals surface area contributed by atoms with Crippen LogP contribution < -0.4 is 5.32 Å². The predicted molar refractivity (Wildman–Crippen MR) is 93.2 cm³/mol. The highest BCUT2D eigenvalue weighted by molar-refractivity contribution is 5.94. The first-order valence-electron chi connectivity index (χ1n) is 7.78. The molecule has 2 nitrogen and oxygen atoms in total. The standard InChI is InChI=1S/C21H19NO/c23-21(19-14-8-3-9-15-19)22-20(18-12-6-2-7-13-18)16-17-10-4-1-5-11-17/h1-15,20H,16H2,(H,22,23). The van der Waals surface area contributed by atoms with Gasteiger partial charge >= 0.3 is 0 Å². The summed E-state index contributed by atoms with van der Waals surface area (Å²) in [6.07, 6.45) is 0.767. The van der Waals surface area contributed by atoms with E-state index in [9.17, 15) is 4.79 Å². The highest BCUT2D eigenvalue weighted by Gasteiger charge is 2.16. The van der Waals surface area contributed by atoms with Gasteiger partial charge in [-0.3, -0.25) is 4.79 Å². The predicted octanol–water partition coefficient (Wildman–Crippen LogP) is 4.40. The Labute approximate surface area is 136 Å². The quantitative estimate of drug-likeness (QED) is 0.743. The largest absolute Gasteiger partial charge is 0.345 e.